The van der Waals surface area contributed by atoms with Crippen molar-refractivity contribution >= 4 is 16.9 Å². The molecule has 142 valence electrons. The summed E-state index contributed by atoms with van der Waals surface area (Å²) in [7, 11) is 4.07. The molecule has 0 spiro atoms. The summed E-state index contributed by atoms with van der Waals surface area (Å²) in [6.07, 6.45) is 4.48. The minimum Gasteiger partial charge on any atom is -0.484 e. The van der Waals surface area contributed by atoms with E-state index in [0.717, 1.165) is 35.3 Å². The van der Waals surface area contributed by atoms with Gasteiger partial charge in [-0.1, -0.05) is 13.8 Å². The van der Waals surface area contributed by atoms with Crippen molar-refractivity contribution in [2.24, 2.45) is 5.92 Å². The molecule has 0 saturated heterocycles. The number of likely N-dealkylation sites (N-methyl/N-ethyl adjacent to an activating group) is 1. The Morgan fingerprint density at radius 1 is 1.27 bits per heavy atom. The molecule has 0 aliphatic heterocycles. The Bertz CT molecular complexity index is 756. The van der Waals surface area contributed by atoms with Gasteiger partial charge in [-0.2, -0.15) is 0 Å². The monoisotopic (exact) mass is 358 g/mol. The highest BCUT2D eigenvalue weighted by Crippen LogP contribution is 2.33. The summed E-state index contributed by atoms with van der Waals surface area (Å²) in [5.41, 5.74) is 2.23. The SMILES string of the molecule is CC(C)[C@@H](CNC(=O)COc1ccc2oc3c(c2c1)CCCC3)N(C)C. The lowest BCUT2D eigenvalue weighted by atomic mass is 9.96. The van der Waals surface area contributed by atoms with Gasteiger partial charge in [0, 0.05) is 30.0 Å². The van der Waals surface area contributed by atoms with Crippen LogP contribution in [0.3, 0.4) is 0 Å². The first-order chi connectivity index (χ1) is 12.5. The van der Waals surface area contributed by atoms with Crippen LogP contribution in [0.2, 0.25) is 0 Å². The average molecular weight is 358 g/mol. The van der Waals surface area contributed by atoms with E-state index in [1.165, 1.54) is 18.4 Å². The number of furan rings is 1. The van der Waals surface area contributed by atoms with Gasteiger partial charge in [-0.15, -0.1) is 0 Å². The molecule has 3 rings (SSSR count). The number of nitrogens with one attached hydrogen (secondary N) is 1. The summed E-state index contributed by atoms with van der Waals surface area (Å²) in [4.78, 5) is 14.3. The van der Waals surface area contributed by atoms with E-state index in [1.807, 2.05) is 32.3 Å². The van der Waals surface area contributed by atoms with Crippen molar-refractivity contribution in [1.82, 2.24) is 10.2 Å². The zero-order chi connectivity index (χ0) is 18.7. The number of benzene rings is 1. The minimum atomic E-state index is -0.0909. The largest absolute Gasteiger partial charge is 0.484 e. The first kappa shape index (κ1) is 18.8. The van der Waals surface area contributed by atoms with Gasteiger partial charge in [0.1, 0.15) is 17.1 Å². The highest BCUT2D eigenvalue weighted by atomic mass is 16.5. The van der Waals surface area contributed by atoms with Gasteiger partial charge in [-0.05, 0) is 57.5 Å². The number of hydrogen-bond acceptors (Lipinski definition) is 4. The maximum Gasteiger partial charge on any atom is 0.257 e. The number of fused-ring (bicyclic) bond motifs is 3. The molecule has 0 radical (unpaired) electrons. The molecule has 0 unspecified atom stereocenters. The molecule has 1 aromatic carbocycles. The van der Waals surface area contributed by atoms with Crippen LogP contribution in [-0.2, 0) is 17.6 Å². The maximum atomic E-state index is 12.1. The summed E-state index contributed by atoms with van der Waals surface area (Å²) >= 11 is 0. The van der Waals surface area contributed by atoms with Crippen molar-refractivity contribution < 1.29 is 13.9 Å². The molecule has 1 amide bonds. The minimum absolute atomic E-state index is 0.0315. The Morgan fingerprint density at radius 2 is 2.04 bits per heavy atom. The molecule has 0 saturated carbocycles. The molecule has 1 aromatic heterocycles. The van der Waals surface area contributed by atoms with Crippen molar-refractivity contribution in [3.05, 3.63) is 29.5 Å². The first-order valence-corrected chi connectivity index (χ1v) is 9.56. The predicted molar refractivity (Wildman–Crippen MR) is 104 cm³/mol. The van der Waals surface area contributed by atoms with Gasteiger partial charge in [-0.3, -0.25) is 4.79 Å². The second-order valence-corrected chi connectivity index (χ2v) is 7.74. The number of ether oxygens (including phenoxy) is 1. The van der Waals surface area contributed by atoms with E-state index in [2.05, 4.69) is 24.1 Å². The third kappa shape index (κ3) is 4.21. The fourth-order valence-electron chi connectivity index (χ4n) is 3.76. The smallest absolute Gasteiger partial charge is 0.257 e. The number of carbonyl (C=O) groups excluding carboxylic acids is 1. The van der Waals surface area contributed by atoms with Crippen LogP contribution in [0.15, 0.2) is 22.6 Å². The highest BCUT2D eigenvalue weighted by molar-refractivity contribution is 5.84. The molecule has 1 N–H and O–H groups in total. The summed E-state index contributed by atoms with van der Waals surface area (Å²) in [5, 5.41) is 4.10. The quantitative estimate of drug-likeness (QED) is 0.824. The second-order valence-electron chi connectivity index (χ2n) is 7.74. The van der Waals surface area contributed by atoms with Gasteiger partial charge in [0.05, 0.1) is 0 Å². The van der Waals surface area contributed by atoms with Crippen molar-refractivity contribution in [3.63, 3.8) is 0 Å². The fraction of sp³-hybridized carbons (Fsp3) is 0.571. The van der Waals surface area contributed by atoms with E-state index >= 15 is 0 Å². The van der Waals surface area contributed by atoms with E-state index in [0.29, 0.717) is 18.5 Å². The van der Waals surface area contributed by atoms with Crippen LogP contribution < -0.4 is 10.1 Å². The van der Waals surface area contributed by atoms with Crippen molar-refractivity contribution in [3.8, 4) is 5.75 Å². The Morgan fingerprint density at radius 3 is 2.77 bits per heavy atom. The number of nitrogens with zero attached hydrogens (tertiary/aromatic N) is 1. The van der Waals surface area contributed by atoms with E-state index in [9.17, 15) is 4.79 Å². The van der Waals surface area contributed by atoms with Crippen molar-refractivity contribution in [1.29, 1.82) is 0 Å². The van der Waals surface area contributed by atoms with Crippen LogP contribution >= 0.6 is 0 Å². The van der Waals surface area contributed by atoms with E-state index in [1.54, 1.807) is 0 Å². The Hall–Kier alpha value is -2.01. The van der Waals surface area contributed by atoms with Gasteiger partial charge < -0.3 is 19.4 Å². The molecule has 1 aliphatic carbocycles. The lowest BCUT2D eigenvalue weighted by molar-refractivity contribution is -0.123. The Labute approximate surface area is 155 Å². The maximum absolute atomic E-state index is 12.1. The summed E-state index contributed by atoms with van der Waals surface area (Å²) < 4.78 is 11.7. The van der Waals surface area contributed by atoms with E-state index in [-0.39, 0.29) is 12.5 Å². The number of rotatable bonds is 7. The Kier molecular flexibility index (Phi) is 5.87. The summed E-state index contributed by atoms with van der Waals surface area (Å²) in [6, 6.07) is 6.14. The average Bonchev–Trinajstić information content (AvgIpc) is 2.97. The molecule has 1 atom stereocenters. The fourth-order valence-corrected chi connectivity index (χ4v) is 3.76. The van der Waals surface area contributed by atoms with Crippen molar-refractivity contribution in [2.45, 2.75) is 45.6 Å². The second kappa shape index (κ2) is 8.12. The highest BCUT2D eigenvalue weighted by Gasteiger charge is 2.19. The molecule has 1 aliphatic rings. The van der Waals surface area contributed by atoms with Gasteiger partial charge in [0.15, 0.2) is 6.61 Å². The standard InChI is InChI=1S/C21H30N2O3/c1-14(2)18(23(3)4)12-22-21(24)13-25-15-9-10-20-17(11-15)16-7-5-6-8-19(16)26-20/h9-11,14,18H,5-8,12-13H2,1-4H3,(H,22,24)/t18-/m1/s1. The molecule has 26 heavy (non-hydrogen) atoms. The zero-order valence-corrected chi connectivity index (χ0v) is 16.3. The third-order valence-corrected chi connectivity index (χ3v) is 5.24. The molecular formula is C21H30N2O3. The Balaban J connectivity index is 1.58. The van der Waals surface area contributed by atoms with E-state index in [4.69, 9.17) is 9.15 Å². The van der Waals surface area contributed by atoms with Crippen LogP contribution in [-0.4, -0.2) is 44.1 Å². The predicted octanol–water partition coefficient (Wildman–Crippen LogP) is 3.39. The number of carbonyl (C=O) groups is 1. The summed E-state index contributed by atoms with van der Waals surface area (Å²) in [5.74, 6) is 2.21. The zero-order valence-electron chi connectivity index (χ0n) is 16.3. The molecule has 0 bridgehead atoms. The molecule has 0 fully saturated rings. The topological polar surface area (TPSA) is 54.7 Å². The summed E-state index contributed by atoms with van der Waals surface area (Å²) in [6.45, 7) is 4.98. The van der Waals surface area contributed by atoms with Crippen LogP contribution in [0.4, 0.5) is 0 Å². The molecule has 2 aromatic rings. The van der Waals surface area contributed by atoms with Crippen LogP contribution in [0.25, 0.3) is 11.0 Å². The lowest BCUT2D eigenvalue weighted by Gasteiger charge is -2.28. The van der Waals surface area contributed by atoms with Crippen LogP contribution in [0.5, 0.6) is 5.75 Å². The molecule has 5 nitrogen and oxygen atoms in total. The molecular weight excluding hydrogens is 328 g/mol. The number of amides is 1. The van der Waals surface area contributed by atoms with Gasteiger partial charge in [0.2, 0.25) is 0 Å². The van der Waals surface area contributed by atoms with Crippen molar-refractivity contribution in [2.75, 3.05) is 27.2 Å². The third-order valence-electron chi connectivity index (χ3n) is 5.24. The number of aryl methyl sites for hydroxylation is 2. The lowest BCUT2D eigenvalue weighted by Crippen LogP contribution is -2.44. The van der Waals surface area contributed by atoms with Crippen LogP contribution in [0, 0.1) is 5.92 Å². The van der Waals surface area contributed by atoms with E-state index < -0.39 is 0 Å². The normalized spacial score (nSPS) is 15.3. The molecule has 5 heteroatoms. The molecule has 1 heterocycles. The van der Waals surface area contributed by atoms with Gasteiger partial charge in [0.25, 0.3) is 5.91 Å². The van der Waals surface area contributed by atoms with Gasteiger partial charge >= 0.3 is 0 Å². The van der Waals surface area contributed by atoms with Crippen LogP contribution in [0.1, 0.15) is 38.0 Å². The van der Waals surface area contributed by atoms with Gasteiger partial charge in [-0.25, -0.2) is 0 Å². The number of hydrogen-bond donors (Lipinski definition) is 1. The first-order valence-electron chi connectivity index (χ1n) is 9.56.